The predicted molar refractivity (Wildman–Crippen MR) is 131 cm³/mol. The van der Waals surface area contributed by atoms with Crippen LogP contribution in [0.2, 0.25) is 10.0 Å². The number of β-amino-alcohol motifs (C(OH)–C–C–N with tert-alkyl or cyclic N) is 1. The van der Waals surface area contributed by atoms with Gasteiger partial charge < -0.3 is 20.2 Å². The summed E-state index contributed by atoms with van der Waals surface area (Å²) in [5.41, 5.74) is 0.962. The van der Waals surface area contributed by atoms with Gasteiger partial charge in [-0.3, -0.25) is 0 Å². The van der Waals surface area contributed by atoms with Gasteiger partial charge in [-0.25, -0.2) is 0 Å². The number of aliphatic hydroxyl groups is 1. The number of benzene rings is 1. The molecule has 8 nitrogen and oxygen atoms in total. The highest BCUT2D eigenvalue weighted by Crippen LogP contribution is 2.34. The van der Waals surface area contributed by atoms with Crippen molar-refractivity contribution in [2.24, 2.45) is 11.8 Å². The molecule has 0 radical (unpaired) electrons. The predicted octanol–water partition coefficient (Wildman–Crippen LogP) is 3.74. The standard InChI is InChI=1S/C23H29Cl2N7O/c1-15(19-3-2-18(24)10-20(19)25)28-22-11-21(29-23-26-14-27-32(22)23)31-6-4-16(5-7-31)17-12-30(13-17)8-9-33/h2-3,10-11,14-17,28,33H,4-9,12-13H2,1H3. The fourth-order valence-corrected chi connectivity index (χ4v) is 5.62. The van der Waals surface area contributed by atoms with Gasteiger partial charge in [0.15, 0.2) is 0 Å². The minimum Gasteiger partial charge on any atom is -0.395 e. The van der Waals surface area contributed by atoms with Gasteiger partial charge in [-0.1, -0.05) is 29.3 Å². The molecule has 2 saturated heterocycles. The summed E-state index contributed by atoms with van der Waals surface area (Å²) in [6, 6.07) is 7.54. The van der Waals surface area contributed by atoms with E-state index in [1.807, 2.05) is 12.1 Å². The molecule has 2 aromatic heterocycles. The van der Waals surface area contributed by atoms with E-state index in [0.29, 0.717) is 15.8 Å². The van der Waals surface area contributed by atoms with Crippen LogP contribution in [0.5, 0.6) is 0 Å². The molecular weight excluding hydrogens is 461 g/mol. The topological polar surface area (TPSA) is 81.8 Å². The lowest BCUT2D eigenvalue weighted by atomic mass is 9.79. The summed E-state index contributed by atoms with van der Waals surface area (Å²) >= 11 is 12.5. The molecule has 5 rings (SSSR count). The Morgan fingerprint density at radius 3 is 2.67 bits per heavy atom. The van der Waals surface area contributed by atoms with Crippen LogP contribution in [-0.2, 0) is 0 Å². The number of aliphatic hydroxyl groups excluding tert-OH is 1. The minimum absolute atomic E-state index is 0.0522. The van der Waals surface area contributed by atoms with E-state index in [2.05, 4.69) is 38.2 Å². The summed E-state index contributed by atoms with van der Waals surface area (Å²) < 4.78 is 1.72. The van der Waals surface area contributed by atoms with Crippen LogP contribution >= 0.6 is 23.2 Å². The molecule has 4 heterocycles. The van der Waals surface area contributed by atoms with Gasteiger partial charge in [-0.15, -0.1) is 0 Å². The van der Waals surface area contributed by atoms with E-state index in [4.69, 9.17) is 33.3 Å². The van der Waals surface area contributed by atoms with Gasteiger partial charge in [0, 0.05) is 48.8 Å². The Balaban J connectivity index is 1.29. The average molecular weight is 490 g/mol. The van der Waals surface area contributed by atoms with Gasteiger partial charge >= 0.3 is 0 Å². The molecule has 10 heteroatoms. The Bertz CT molecular complexity index is 1110. The van der Waals surface area contributed by atoms with Gasteiger partial charge in [-0.05, 0) is 49.3 Å². The van der Waals surface area contributed by atoms with Crippen molar-refractivity contribution in [3.63, 3.8) is 0 Å². The molecule has 2 aliphatic heterocycles. The second-order valence-electron chi connectivity index (χ2n) is 9.07. The first-order valence-corrected chi connectivity index (χ1v) is 12.3. The molecule has 1 unspecified atom stereocenters. The third kappa shape index (κ3) is 4.75. The fourth-order valence-electron chi connectivity index (χ4n) is 5.05. The highest BCUT2D eigenvalue weighted by molar-refractivity contribution is 6.35. The summed E-state index contributed by atoms with van der Waals surface area (Å²) in [5, 5.41) is 18.2. The first-order chi connectivity index (χ1) is 16.0. The lowest BCUT2D eigenvalue weighted by Gasteiger charge is -2.46. The molecule has 3 aromatic rings. The summed E-state index contributed by atoms with van der Waals surface area (Å²) in [6.07, 6.45) is 3.85. The Kier molecular flexibility index (Phi) is 6.60. The number of aromatic nitrogens is 4. The Labute approximate surface area is 203 Å². The zero-order valence-electron chi connectivity index (χ0n) is 18.7. The van der Waals surface area contributed by atoms with E-state index >= 15 is 0 Å². The molecular formula is C23H29Cl2N7O. The van der Waals surface area contributed by atoms with Crippen molar-refractivity contribution in [3.8, 4) is 0 Å². The SMILES string of the molecule is CC(Nc1cc(N2CCC(C3CN(CCO)C3)CC2)nc2ncnn12)c1ccc(Cl)cc1Cl. The number of nitrogens with one attached hydrogen (secondary N) is 1. The first kappa shape index (κ1) is 22.7. The summed E-state index contributed by atoms with van der Waals surface area (Å²) in [5.74, 6) is 3.82. The normalized spacial score (nSPS) is 19.1. The highest BCUT2D eigenvalue weighted by atomic mass is 35.5. The fraction of sp³-hybridized carbons (Fsp3) is 0.522. The smallest absolute Gasteiger partial charge is 0.256 e. The lowest BCUT2D eigenvalue weighted by Crippen LogP contribution is -2.52. The maximum Gasteiger partial charge on any atom is 0.256 e. The molecule has 0 saturated carbocycles. The van der Waals surface area contributed by atoms with Crippen LogP contribution in [0.25, 0.3) is 5.78 Å². The maximum absolute atomic E-state index is 9.10. The number of anilines is 2. The van der Waals surface area contributed by atoms with E-state index in [-0.39, 0.29) is 12.6 Å². The third-order valence-corrected chi connectivity index (χ3v) is 7.53. The van der Waals surface area contributed by atoms with Crippen molar-refractivity contribution in [2.75, 3.05) is 49.5 Å². The number of hydrogen-bond acceptors (Lipinski definition) is 7. The van der Waals surface area contributed by atoms with Gasteiger partial charge in [-0.2, -0.15) is 19.6 Å². The summed E-state index contributed by atoms with van der Waals surface area (Å²) in [4.78, 5) is 13.8. The third-order valence-electron chi connectivity index (χ3n) is 6.96. The second kappa shape index (κ2) is 9.62. The molecule has 0 spiro atoms. The minimum atomic E-state index is -0.0522. The van der Waals surface area contributed by atoms with Crippen LogP contribution in [0.1, 0.15) is 31.4 Å². The van der Waals surface area contributed by atoms with Crippen LogP contribution in [-0.4, -0.2) is 68.9 Å². The van der Waals surface area contributed by atoms with Crippen LogP contribution in [0, 0.1) is 11.8 Å². The highest BCUT2D eigenvalue weighted by Gasteiger charge is 2.35. The van der Waals surface area contributed by atoms with Gasteiger partial charge in [0.25, 0.3) is 5.78 Å². The maximum atomic E-state index is 9.10. The zero-order valence-corrected chi connectivity index (χ0v) is 20.2. The van der Waals surface area contributed by atoms with Gasteiger partial charge in [0.05, 0.1) is 12.6 Å². The molecule has 176 valence electrons. The van der Waals surface area contributed by atoms with Crippen LogP contribution < -0.4 is 10.2 Å². The first-order valence-electron chi connectivity index (χ1n) is 11.5. The van der Waals surface area contributed by atoms with E-state index < -0.39 is 0 Å². The average Bonchev–Trinajstić information content (AvgIpc) is 3.25. The van der Waals surface area contributed by atoms with Crippen LogP contribution in [0.15, 0.2) is 30.6 Å². The van der Waals surface area contributed by atoms with Crippen molar-refractivity contribution in [2.45, 2.75) is 25.8 Å². The number of fused-ring (bicyclic) bond motifs is 1. The molecule has 1 atom stereocenters. The van der Waals surface area contributed by atoms with Crippen molar-refractivity contribution >= 4 is 40.6 Å². The Hall–Kier alpha value is -2.13. The largest absolute Gasteiger partial charge is 0.395 e. The van der Waals surface area contributed by atoms with Crippen LogP contribution in [0.4, 0.5) is 11.6 Å². The molecule has 0 bridgehead atoms. The van der Waals surface area contributed by atoms with Crippen molar-refractivity contribution in [1.29, 1.82) is 0 Å². The van der Waals surface area contributed by atoms with E-state index in [9.17, 15) is 0 Å². The molecule has 0 amide bonds. The van der Waals surface area contributed by atoms with E-state index in [1.54, 1.807) is 10.6 Å². The number of nitrogens with zero attached hydrogens (tertiary/aromatic N) is 6. The number of rotatable bonds is 7. The molecule has 2 N–H and O–H groups in total. The number of halogens is 2. The van der Waals surface area contributed by atoms with Crippen molar-refractivity contribution < 1.29 is 5.11 Å². The van der Waals surface area contributed by atoms with Crippen molar-refractivity contribution in [1.82, 2.24) is 24.5 Å². The number of hydrogen-bond donors (Lipinski definition) is 2. The zero-order chi connectivity index (χ0) is 22.9. The molecule has 2 aliphatic rings. The molecule has 33 heavy (non-hydrogen) atoms. The van der Waals surface area contributed by atoms with E-state index in [1.165, 1.54) is 6.33 Å². The molecule has 1 aromatic carbocycles. The molecule has 0 aliphatic carbocycles. The quantitative estimate of drug-likeness (QED) is 0.522. The Morgan fingerprint density at radius 2 is 1.94 bits per heavy atom. The second-order valence-corrected chi connectivity index (χ2v) is 9.91. The monoisotopic (exact) mass is 489 g/mol. The lowest BCUT2D eigenvalue weighted by molar-refractivity contribution is 0.0348. The summed E-state index contributed by atoms with van der Waals surface area (Å²) in [6.45, 7) is 7.31. The number of piperidine rings is 1. The van der Waals surface area contributed by atoms with Gasteiger partial charge in [0.1, 0.15) is 18.0 Å². The number of likely N-dealkylation sites (tertiary alicyclic amines) is 1. The Morgan fingerprint density at radius 1 is 1.15 bits per heavy atom. The van der Waals surface area contributed by atoms with Crippen LogP contribution in [0.3, 0.4) is 0 Å². The van der Waals surface area contributed by atoms with Crippen molar-refractivity contribution in [3.05, 3.63) is 46.2 Å². The molecule has 2 fully saturated rings. The van der Waals surface area contributed by atoms with E-state index in [0.717, 1.165) is 74.6 Å². The summed E-state index contributed by atoms with van der Waals surface area (Å²) in [7, 11) is 0. The van der Waals surface area contributed by atoms with Gasteiger partial charge in [0.2, 0.25) is 0 Å².